The predicted molar refractivity (Wildman–Crippen MR) is 105 cm³/mol. The third-order valence-corrected chi connectivity index (χ3v) is 5.63. The van der Waals surface area contributed by atoms with E-state index in [0.717, 1.165) is 16.5 Å². The van der Waals surface area contributed by atoms with Gasteiger partial charge in [-0.05, 0) is 38.0 Å². The van der Waals surface area contributed by atoms with Crippen LogP contribution in [-0.2, 0) is 31.2 Å². The molecule has 1 aromatic carbocycles. The monoisotopic (exact) mass is 416 g/mol. The van der Waals surface area contributed by atoms with Gasteiger partial charge in [0.05, 0.1) is 35.9 Å². The van der Waals surface area contributed by atoms with Gasteiger partial charge in [0.1, 0.15) is 0 Å². The lowest BCUT2D eigenvalue weighted by atomic mass is 10.1. The maximum Gasteiger partial charge on any atom is 0.340 e. The second-order valence-corrected chi connectivity index (χ2v) is 9.96. The van der Waals surface area contributed by atoms with Crippen LogP contribution in [0.2, 0.25) is 0 Å². The van der Waals surface area contributed by atoms with E-state index in [0.29, 0.717) is 35.0 Å². The number of benzene rings is 1. The Balaban J connectivity index is 2.98. The number of hydrogen-bond acceptors (Lipinski definition) is 6. The summed E-state index contributed by atoms with van der Waals surface area (Å²) >= 11 is 0. The minimum Gasteiger partial charge on any atom is -0.462 e. The second-order valence-electron chi connectivity index (χ2n) is 6.38. The summed E-state index contributed by atoms with van der Waals surface area (Å²) < 4.78 is 56.9. The summed E-state index contributed by atoms with van der Waals surface area (Å²) in [5.74, 6) is -0.637. The van der Waals surface area contributed by atoms with E-state index in [-0.39, 0.29) is 17.9 Å². The molecule has 0 bridgehead atoms. The Morgan fingerprint density at radius 1 is 1.15 bits per heavy atom. The van der Waals surface area contributed by atoms with Gasteiger partial charge >= 0.3 is 5.97 Å². The average molecular weight is 417 g/mol. The zero-order valence-electron chi connectivity index (χ0n) is 16.0. The summed E-state index contributed by atoms with van der Waals surface area (Å²) in [5, 5.41) is 0.332. The van der Waals surface area contributed by atoms with Crippen LogP contribution in [0.15, 0.2) is 12.1 Å². The lowest BCUT2D eigenvalue weighted by molar-refractivity contribution is 0.0527. The third-order valence-electron chi connectivity index (χ3n) is 3.96. The summed E-state index contributed by atoms with van der Waals surface area (Å²) in [5.41, 5.74) is 1.62. The molecule has 8 nitrogen and oxygen atoms in total. The van der Waals surface area contributed by atoms with E-state index in [1.807, 2.05) is 6.92 Å². The van der Waals surface area contributed by atoms with Crippen molar-refractivity contribution in [3.63, 3.8) is 0 Å². The van der Waals surface area contributed by atoms with Crippen molar-refractivity contribution in [3.8, 4) is 0 Å². The molecule has 0 fully saturated rings. The van der Waals surface area contributed by atoms with Crippen molar-refractivity contribution in [1.29, 1.82) is 0 Å². The van der Waals surface area contributed by atoms with Crippen molar-refractivity contribution < 1.29 is 26.4 Å². The molecule has 0 unspecified atom stereocenters. The Kier molecular flexibility index (Phi) is 5.91. The molecule has 0 radical (unpaired) electrons. The van der Waals surface area contributed by atoms with Crippen molar-refractivity contribution in [3.05, 3.63) is 29.0 Å². The SMILES string of the molecule is CCCc1c(C(=O)OCC)c2cc(NS(C)(=O)=O)c(C)cc2n1S(C)(=O)=O. The highest BCUT2D eigenvalue weighted by atomic mass is 32.2. The van der Waals surface area contributed by atoms with Gasteiger partial charge < -0.3 is 4.74 Å². The smallest absolute Gasteiger partial charge is 0.340 e. The second kappa shape index (κ2) is 7.51. The third kappa shape index (κ3) is 4.44. The number of nitrogens with one attached hydrogen (secondary N) is 1. The molecule has 1 aromatic heterocycles. The van der Waals surface area contributed by atoms with E-state index >= 15 is 0 Å². The molecule has 2 rings (SSSR count). The summed E-state index contributed by atoms with van der Waals surface area (Å²) in [7, 11) is -7.25. The maximum absolute atomic E-state index is 12.6. The number of sulfonamides is 1. The van der Waals surface area contributed by atoms with E-state index in [1.165, 1.54) is 6.07 Å². The van der Waals surface area contributed by atoms with Gasteiger partial charge in [0.25, 0.3) is 0 Å². The lowest BCUT2D eigenvalue weighted by Crippen LogP contribution is -2.16. The largest absolute Gasteiger partial charge is 0.462 e. The molecule has 27 heavy (non-hydrogen) atoms. The van der Waals surface area contributed by atoms with Gasteiger partial charge in [-0.1, -0.05) is 13.3 Å². The van der Waals surface area contributed by atoms with Gasteiger partial charge in [0.15, 0.2) is 0 Å². The summed E-state index contributed by atoms with van der Waals surface area (Å²) in [6.07, 6.45) is 3.06. The fourth-order valence-corrected chi connectivity index (χ4v) is 4.76. The van der Waals surface area contributed by atoms with Gasteiger partial charge in [-0.3, -0.25) is 4.72 Å². The van der Waals surface area contributed by atoms with Crippen molar-refractivity contribution in [1.82, 2.24) is 3.97 Å². The Hall–Kier alpha value is -2.07. The molecule has 1 N–H and O–H groups in total. The molecule has 0 aliphatic rings. The highest BCUT2D eigenvalue weighted by molar-refractivity contribution is 7.92. The first-order valence-electron chi connectivity index (χ1n) is 8.44. The number of aryl methyl sites for hydroxylation is 1. The van der Waals surface area contributed by atoms with E-state index in [1.54, 1.807) is 19.9 Å². The van der Waals surface area contributed by atoms with E-state index in [2.05, 4.69) is 4.72 Å². The van der Waals surface area contributed by atoms with Gasteiger partial charge in [0, 0.05) is 11.1 Å². The van der Waals surface area contributed by atoms with E-state index in [9.17, 15) is 21.6 Å². The Labute approximate surface area is 159 Å². The fourth-order valence-electron chi connectivity index (χ4n) is 3.05. The van der Waals surface area contributed by atoms with Crippen molar-refractivity contribution in [2.75, 3.05) is 23.8 Å². The van der Waals surface area contributed by atoms with Crippen molar-refractivity contribution >= 4 is 42.6 Å². The van der Waals surface area contributed by atoms with E-state index < -0.39 is 26.0 Å². The van der Waals surface area contributed by atoms with Crippen molar-refractivity contribution in [2.24, 2.45) is 0 Å². The number of aromatic nitrogens is 1. The summed E-state index contributed by atoms with van der Waals surface area (Å²) in [6, 6.07) is 3.05. The quantitative estimate of drug-likeness (QED) is 0.693. The number of carbonyl (C=O) groups is 1. The van der Waals surface area contributed by atoms with Crippen LogP contribution in [0.5, 0.6) is 0 Å². The number of nitrogens with zero attached hydrogens (tertiary/aromatic N) is 1. The minimum absolute atomic E-state index is 0.135. The van der Waals surface area contributed by atoms with Gasteiger partial charge in [0.2, 0.25) is 20.0 Å². The number of esters is 1. The number of carbonyl (C=O) groups excluding carboxylic acids is 1. The lowest BCUT2D eigenvalue weighted by Gasteiger charge is -2.10. The highest BCUT2D eigenvalue weighted by Crippen LogP contribution is 2.33. The van der Waals surface area contributed by atoms with Crippen LogP contribution in [0.1, 0.15) is 41.9 Å². The van der Waals surface area contributed by atoms with Crippen LogP contribution in [0.4, 0.5) is 5.69 Å². The molecular formula is C17H24N2O6S2. The molecule has 0 spiro atoms. The molecule has 10 heteroatoms. The molecule has 150 valence electrons. The maximum atomic E-state index is 12.6. The summed E-state index contributed by atoms with van der Waals surface area (Å²) in [6.45, 7) is 5.33. The molecule has 2 aromatic rings. The molecular weight excluding hydrogens is 392 g/mol. The molecule has 0 atom stereocenters. The zero-order valence-corrected chi connectivity index (χ0v) is 17.6. The molecule has 1 heterocycles. The Morgan fingerprint density at radius 3 is 2.26 bits per heavy atom. The first-order chi connectivity index (χ1) is 12.4. The average Bonchev–Trinajstić information content (AvgIpc) is 2.79. The highest BCUT2D eigenvalue weighted by Gasteiger charge is 2.28. The Morgan fingerprint density at radius 2 is 1.78 bits per heavy atom. The van der Waals surface area contributed by atoms with Crippen LogP contribution in [-0.4, -0.2) is 45.9 Å². The molecule has 0 saturated heterocycles. The van der Waals surface area contributed by atoms with Crippen LogP contribution in [0, 0.1) is 6.92 Å². The fraction of sp³-hybridized carbons (Fsp3) is 0.471. The van der Waals surface area contributed by atoms with Gasteiger partial charge in [-0.2, -0.15) is 0 Å². The first-order valence-corrected chi connectivity index (χ1v) is 12.2. The van der Waals surface area contributed by atoms with Crippen LogP contribution in [0.3, 0.4) is 0 Å². The van der Waals surface area contributed by atoms with E-state index in [4.69, 9.17) is 4.74 Å². The topological polar surface area (TPSA) is 112 Å². The number of rotatable bonds is 7. The molecule has 0 saturated carbocycles. The van der Waals surface area contributed by atoms with Crippen LogP contribution >= 0.6 is 0 Å². The predicted octanol–water partition coefficient (Wildman–Crippen LogP) is 2.26. The van der Waals surface area contributed by atoms with Gasteiger partial charge in [-0.25, -0.2) is 25.6 Å². The normalized spacial score (nSPS) is 12.3. The standard InChI is InChI=1S/C17H24N2O6S2/c1-6-8-14-16(17(20)25-7-2)12-10-13(18-26(4,21)22)11(3)9-15(12)19(14)27(5,23)24/h9-10,18H,6-8H2,1-5H3. The minimum atomic E-state index is -3.70. The first kappa shape index (κ1) is 21.2. The van der Waals surface area contributed by atoms with Gasteiger partial charge in [-0.15, -0.1) is 0 Å². The number of anilines is 1. The number of fused-ring (bicyclic) bond motifs is 1. The molecule has 0 aliphatic carbocycles. The molecule has 0 amide bonds. The van der Waals surface area contributed by atoms with Crippen molar-refractivity contribution in [2.45, 2.75) is 33.6 Å². The van der Waals surface area contributed by atoms with Crippen LogP contribution < -0.4 is 4.72 Å². The number of ether oxygens (including phenoxy) is 1. The number of hydrogen-bond donors (Lipinski definition) is 1. The summed E-state index contributed by atoms with van der Waals surface area (Å²) in [4.78, 5) is 12.6. The zero-order chi connectivity index (χ0) is 20.6. The Bertz CT molecular complexity index is 1100. The molecule has 0 aliphatic heterocycles. The van der Waals surface area contributed by atoms with Crippen LogP contribution in [0.25, 0.3) is 10.9 Å².